The van der Waals surface area contributed by atoms with Crippen LogP contribution in [0.1, 0.15) is 24.9 Å². The van der Waals surface area contributed by atoms with E-state index in [1.807, 2.05) is 0 Å². The lowest BCUT2D eigenvalue weighted by molar-refractivity contribution is 0.0156. The van der Waals surface area contributed by atoms with Gasteiger partial charge in [-0.05, 0) is 40.7 Å². The molecule has 2 N–H and O–H groups in total. The van der Waals surface area contributed by atoms with E-state index in [-0.39, 0.29) is 6.04 Å². The summed E-state index contributed by atoms with van der Waals surface area (Å²) in [5.74, 6) is 1.09. The SMILES string of the molecule is CC1COCCC1C(N)c1csc2ccccc12. The third-order valence-corrected chi connectivity index (χ3v) is 5.02. The molecule has 2 nitrogen and oxygen atoms in total. The van der Waals surface area contributed by atoms with Gasteiger partial charge in [0.25, 0.3) is 0 Å². The van der Waals surface area contributed by atoms with E-state index in [1.165, 1.54) is 15.6 Å². The Hall–Kier alpha value is -0.900. The Morgan fingerprint density at radius 1 is 1.39 bits per heavy atom. The van der Waals surface area contributed by atoms with Gasteiger partial charge in [-0.3, -0.25) is 0 Å². The van der Waals surface area contributed by atoms with Crippen molar-refractivity contribution in [1.82, 2.24) is 0 Å². The largest absolute Gasteiger partial charge is 0.381 e. The number of thiophene rings is 1. The second-order valence-electron chi connectivity index (χ2n) is 5.22. The van der Waals surface area contributed by atoms with Gasteiger partial charge in [0.15, 0.2) is 0 Å². The fourth-order valence-corrected chi connectivity index (χ4v) is 3.93. The highest BCUT2D eigenvalue weighted by molar-refractivity contribution is 7.17. The first-order valence-corrected chi connectivity index (χ1v) is 7.45. The maximum absolute atomic E-state index is 6.52. The molecular formula is C15H19NOS. The van der Waals surface area contributed by atoms with Crippen LogP contribution in [-0.4, -0.2) is 13.2 Å². The number of nitrogens with two attached hydrogens (primary N) is 1. The molecule has 1 aromatic heterocycles. The summed E-state index contributed by atoms with van der Waals surface area (Å²) in [6, 6.07) is 8.68. The molecule has 0 bridgehead atoms. The van der Waals surface area contributed by atoms with Crippen molar-refractivity contribution in [3.8, 4) is 0 Å². The Labute approximate surface area is 112 Å². The Bertz CT molecular complexity index is 536. The minimum atomic E-state index is 0.139. The number of hydrogen-bond donors (Lipinski definition) is 1. The summed E-state index contributed by atoms with van der Waals surface area (Å²) in [6.07, 6.45) is 1.08. The molecule has 0 spiro atoms. The van der Waals surface area contributed by atoms with Crippen molar-refractivity contribution >= 4 is 21.4 Å². The molecule has 0 saturated carbocycles. The minimum Gasteiger partial charge on any atom is -0.381 e. The molecule has 2 aromatic rings. The van der Waals surface area contributed by atoms with Crippen molar-refractivity contribution in [3.05, 3.63) is 35.2 Å². The summed E-state index contributed by atoms with van der Waals surface area (Å²) in [5, 5.41) is 3.56. The Morgan fingerprint density at radius 3 is 3.06 bits per heavy atom. The number of rotatable bonds is 2. The van der Waals surface area contributed by atoms with Crippen LogP contribution >= 0.6 is 11.3 Å². The molecule has 1 aliphatic rings. The first-order valence-electron chi connectivity index (χ1n) is 6.57. The summed E-state index contributed by atoms with van der Waals surface area (Å²) in [5.41, 5.74) is 7.84. The number of ether oxygens (including phenoxy) is 1. The number of benzene rings is 1. The van der Waals surface area contributed by atoms with E-state index in [0.717, 1.165) is 19.6 Å². The number of fused-ring (bicyclic) bond motifs is 1. The van der Waals surface area contributed by atoms with Gasteiger partial charge in [-0.1, -0.05) is 25.1 Å². The van der Waals surface area contributed by atoms with E-state index in [4.69, 9.17) is 10.5 Å². The molecule has 0 amide bonds. The zero-order valence-corrected chi connectivity index (χ0v) is 11.5. The van der Waals surface area contributed by atoms with Gasteiger partial charge in [0.2, 0.25) is 0 Å². The van der Waals surface area contributed by atoms with E-state index in [9.17, 15) is 0 Å². The topological polar surface area (TPSA) is 35.2 Å². The molecule has 1 fully saturated rings. The third kappa shape index (κ3) is 2.07. The molecule has 18 heavy (non-hydrogen) atoms. The second-order valence-corrected chi connectivity index (χ2v) is 6.13. The minimum absolute atomic E-state index is 0.139. The summed E-state index contributed by atoms with van der Waals surface area (Å²) < 4.78 is 6.85. The Morgan fingerprint density at radius 2 is 2.22 bits per heavy atom. The maximum Gasteiger partial charge on any atom is 0.0494 e. The standard InChI is InChI=1S/C15H19NOS/c1-10-8-17-7-6-11(10)15(16)13-9-18-14-5-3-2-4-12(13)14/h2-5,9-11,15H,6-8,16H2,1H3. The molecule has 3 heteroatoms. The predicted octanol–water partition coefficient (Wildman–Crippen LogP) is 3.57. The molecule has 2 heterocycles. The summed E-state index contributed by atoms with van der Waals surface area (Å²) in [4.78, 5) is 0. The first kappa shape index (κ1) is 12.2. The lowest BCUT2D eigenvalue weighted by Crippen LogP contribution is -2.33. The van der Waals surface area contributed by atoms with E-state index >= 15 is 0 Å². The van der Waals surface area contributed by atoms with Gasteiger partial charge in [-0.15, -0.1) is 11.3 Å². The van der Waals surface area contributed by atoms with Crippen LogP contribution < -0.4 is 5.73 Å². The lowest BCUT2D eigenvalue weighted by atomic mass is 9.81. The van der Waals surface area contributed by atoms with Crippen LogP contribution in [0, 0.1) is 11.8 Å². The molecule has 1 aromatic carbocycles. The van der Waals surface area contributed by atoms with Gasteiger partial charge >= 0.3 is 0 Å². The van der Waals surface area contributed by atoms with E-state index in [2.05, 4.69) is 36.6 Å². The zero-order chi connectivity index (χ0) is 12.5. The van der Waals surface area contributed by atoms with Crippen LogP contribution in [0.2, 0.25) is 0 Å². The number of hydrogen-bond acceptors (Lipinski definition) is 3. The summed E-state index contributed by atoms with van der Waals surface area (Å²) in [6.45, 7) is 3.95. The van der Waals surface area contributed by atoms with Gasteiger partial charge < -0.3 is 10.5 Å². The fraction of sp³-hybridized carbons (Fsp3) is 0.467. The Kier molecular flexibility index (Phi) is 3.37. The highest BCUT2D eigenvalue weighted by Gasteiger charge is 2.29. The van der Waals surface area contributed by atoms with Crippen molar-refractivity contribution in [1.29, 1.82) is 0 Å². The molecular weight excluding hydrogens is 242 g/mol. The van der Waals surface area contributed by atoms with Crippen LogP contribution in [0.25, 0.3) is 10.1 Å². The average Bonchev–Trinajstić information content (AvgIpc) is 2.82. The molecule has 0 aliphatic carbocycles. The van der Waals surface area contributed by atoms with Crippen molar-refractivity contribution in [2.45, 2.75) is 19.4 Å². The van der Waals surface area contributed by atoms with Crippen molar-refractivity contribution in [2.75, 3.05) is 13.2 Å². The molecule has 96 valence electrons. The smallest absolute Gasteiger partial charge is 0.0494 e. The van der Waals surface area contributed by atoms with E-state index in [0.29, 0.717) is 11.8 Å². The zero-order valence-electron chi connectivity index (χ0n) is 10.6. The molecule has 1 aliphatic heterocycles. The van der Waals surface area contributed by atoms with Crippen molar-refractivity contribution in [3.63, 3.8) is 0 Å². The molecule has 3 atom stereocenters. The normalized spacial score (nSPS) is 26.3. The quantitative estimate of drug-likeness (QED) is 0.897. The van der Waals surface area contributed by atoms with Crippen LogP contribution in [-0.2, 0) is 4.74 Å². The fourth-order valence-electron chi connectivity index (χ4n) is 2.92. The van der Waals surface area contributed by atoms with E-state index < -0.39 is 0 Å². The molecule has 0 radical (unpaired) electrons. The second kappa shape index (κ2) is 5.00. The van der Waals surface area contributed by atoms with Crippen LogP contribution in [0.15, 0.2) is 29.6 Å². The Balaban J connectivity index is 1.93. The summed E-state index contributed by atoms with van der Waals surface area (Å²) in [7, 11) is 0. The molecule has 3 rings (SSSR count). The highest BCUT2D eigenvalue weighted by atomic mass is 32.1. The first-order chi connectivity index (χ1) is 8.77. The van der Waals surface area contributed by atoms with Gasteiger partial charge in [-0.25, -0.2) is 0 Å². The third-order valence-electron chi connectivity index (χ3n) is 4.04. The van der Waals surface area contributed by atoms with Gasteiger partial charge in [0.1, 0.15) is 0 Å². The summed E-state index contributed by atoms with van der Waals surface area (Å²) >= 11 is 1.80. The van der Waals surface area contributed by atoms with Crippen LogP contribution in [0.3, 0.4) is 0 Å². The molecule has 3 unspecified atom stereocenters. The van der Waals surface area contributed by atoms with Crippen LogP contribution in [0.5, 0.6) is 0 Å². The monoisotopic (exact) mass is 261 g/mol. The van der Waals surface area contributed by atoms with Gasteiger partial charge in [-0.2, -0.15) is 0 Å². The van der Waals surface area contributed by atoms with E-state index in [1.54, 1.807) is 11.3 Å². The van der Waals surface area contributed by atoms with Crippen molar-refractivity contribution < 1.29 is 4.74 Å². The molecule has 1 saturated heterocycles. The highest BCUT2D eigenvalue weighted by Crippen LogP contribution is 2.37. The lowest BCUT2D eigenvalue weighted by Gasteiger charge is -2.33. The van der Waals surface area contributed by atoms with Gasteiger partial charge in [0.05, 0.1) is 0 Å². The maximum atomic E-state index is 6.52. The average molecular weight is 261 g/mol. The van der Waals surface area contributed by atoms with Crippen molar-refractivity contribution in [2.24, 2.45) is 17.6 Å². The van der Waals surface area contributed by atoms with Crippen LogP contribution in [0.4, 0.5) is 0 Å². The predicted molar refractivity (Wildman–Crippen MR) is 76.8 cm³/mol. The van der Waals surface area contributed by atoms with Gasteiger partial charge in [0, 0.05) is 24.0 Å².